The molecule has 0 radical (unpaired) electrons. The lowest BCUT2D eigenvalue weighted by Crippen LogP contribution is -2.87. The first kappa shape index (κ1) is 35.7. The topological polar surface area (TPSA) is 3.24 Å². The molecule has 4 fully saturated rings. The molecule has 292 valence electrons. The molecule has 0 aliphatic heterocycles. The van der Waals surface area contributed by atoms with Gasteiger partial charge in [0.25, 0.3) is 0 Å². The first-order valence-electron chi connectivity index (χ1n) is 22.2. The summed E-state index contributed by atoms with van der Waals surface area (Å²) in [5.74, 6) is 2.85. The van der Waals surface area contributed by atoms with Gasteiger partial charge in [0.1, 0.15) is 0 Å². The molecule has 0 amide bonds. The standard InChI is InChI=1S/C59H51N/c1-57(2,3)44-31-28-41(29-32-44)48-22-10-12-26-53(48)60(55-33-30-43(39-16-6-4-7-17-39)34-51(55)40-18-8-5-9-19-40)54-27-13-11-23-49(54)50-24-14-20-42-21-15-25-52(56(42)50)58-37-46-35-45-36-47(38-58)59(45,46)58/h4-34,45-47H,35-38H2,1-3H3. The minimum absolute atomic E-state index is 0.0730. The fourth-order valence-corrected chi connectivity index (χ4v) is 13.1. The first-order chi connectivity index (χ1) is 29.3. The zero-order valence-corrected chi connectivity index (χ0v) is 34.9. The van der Waals surface area contributed by atoms with E-state index in [1.54, 1.807) is 5.56 Å². The Kier molecular flexibility index (Phi) is 7.84. The fourth-order valence-electron chi connectivity index (χ4n) is 13.1. The molecule has 0 bridgehead atoms. The minimum atomic E-state index is 0.0730. The van der Waals surface area contributed by atoms with Crippen LogP contribution in [0.5, 0.6) is 0 Å². The molecule has 0 heterocycles. The maximum absolute atomic E-state index is 2.57. The molecule has 4 aliphatic carbocycles. The van der Waals surface area contributed by atoms with Gasteiger partial charge in [0.2, 0.25) is 0 Å². The van der Waals surface area contributed by atoms with Gasteiger partial charge in [-0.1, -0.05) is 185 Å². The molecule has 1 nitrogen and oxygen atoms in total. The summed E-state index contributed by atoms with van der Waals surface area (Å²) in [6.07, 6.45) is 5.69. The third-order valence-electron chi connectivity index (χ3n) is 15.7. The molecule has 2 unspecified atom stereocenters. The lowest BCUT2D eigenvalue weighted by molar-refractivity contribution is -0.394. The maximum atomic E-state index is 2.57. The summed E-state index contributed by atoms with van der Waals surface area (Å²) in [5, 5.41) is 2.82. The average Bonchev–Trinajstić information content (AvgIpc) is 3.26. The molecule has 1 heteroatoms. The predicted octanol–water partition coefficient (Wildman–Crippen LogP) is 16.0. The number of hydrogen-bond acceptors (Lipinski definition) is 1. The van der Waals surface area contributed by atoms with Crippen LogP contribution in [0.2, 0.25) is 0 Å². The fraction of sp³-hybridized carbons (Fsp3) is 0.220. The molecule has 4 saturated carbocycles. The van der Waals surface area contributed by atoms with Crippen LogP contribution in [-0.2, 0) is 10.8 Å². The molecular weight excluding hydrogens is 723 g/mol. The molecule has 8 aromatic carbocycles. The Morgan fingerprint density at radius 2 is 0.967 bits per heavy atom. The van der Waals surface area contributed by atoms with Crippen LogP contribution in [-0.4, -0.2) is 0 Å². The summed E-state index contributed by atoms with van der Waals surface area (Å²) in [6.45, 7) is 6.88. The van der Waals surface area contributed by atoms with Crippen LogP contribution in [0.4, 0.5) is 17.1 Å². The van der Waals surface area contributed by atoms with Crippen molar-refractivity contribution in [1.82, 2.24) is 0 Å². The number of para-hydroxylation sites is 2. The van der Waals surface area contributed by atoms with E-state index in [4.69, 9.17) is 0 Å². The Hall–Kier alpha value is -6.18. The Bertz CT molecular complexity index is 2900. The van der Waals surface area contributed by atoms with Crippen LogP contribution in [0, 0.1) is 23.2 Å². The summed E-state index contributed by atoms with van der Waals surface area (Å²) in [7, 11) is 0. The Morgan fingerprint density at radius 1 is 0.433 bits per heavy atom. The predicted molar refractivity (Wildman–Crippen MR) is 252 cm³/mol. The average molecular weight is 774 g/mol. The molecule has 0 saturated heterocycles. The van der Waals surface area contributed by atoms with Crippen LogP contribution in [0.15, 0.2) is 188 Å². The highest BCUT2D eigenvalue weighted by atomic mass is 15.1. The van der Waals surface area contributed by atoms with Gasteiger partial charge in [0, 0.05) is 22.1 Å². The van der Waals surface area contributed by atoms with Crippen molar-refractivity contribution in [2.45, 2.75) is 57.3 Å². The monoisotopic (exact) mass is 773 g/mol. The van der Waals surface area contributed by atoms with Gasteiger partial charge in [-0.2, -0.15) is 0 Å². The van der Waals surface area contributed by atoms with E-state index in [0.717, 1.165) is 29.1 Å². The van der Waals surface area contributed by atoms with Gasteiger partial charge in [0.15, 0.2) is 0 Å². The van der Waals surface area contributed by atoms with Crippen molar-refractivity contribution in [2.75, 3.05) is 4.90 Å². The van der Waals surface area contributed by atoms with Crippen molar-refractivity contribution in [3.63, 3.8) is 0 Å². The third-order valence-corrected chi connectivity index (χ3v) is 15.7. The van der Waals surface area contributed by atoms with Crippen LogP contribution in [0.25, 0.3) is 55.3 Å². The zero-order chi connectivity index (χ0) is 40.2. The van der Waals surface area contributed by atoms with Crippen molar-refractivity contribution in [3.05, 3.63) is 199 Å². The summed E-state index contributed by atoms with van der Waals surface area (Å²) in [4.78, 5) is 2.57. The second-order valence-electron chi connectivity index (χ2n) is 19.4. The molecule has 4 aliphatic rings. The minimum Gasteiger partial charge on any atom is -0.309 e. The quantitative estimate of drug-likeness (QED) is 0.149. The number of rotatable bonds is 8. The van der Waals surface area contributed by atoms with E-state index in [9.17, 15) is 0 Å². The van der Waals surface area contributed by atoms with E-state index in [0.29, 0.717) is 10.8 Å². The smallest absolute Gasteiger partial charge is 0.0540 e. The summed E-state index contributed by atoms with van der Waals surface area (Å²) in [6, 6.07) is 70.7. The summed E-state index contributed by atoms with van der Waals surface area (Å²) >= 11 is 0. The number of benzene rings is 8. The van der Waals surface area contributed by atoms with E-state index < -0.39 is 0 Å². The summed E-state index contributed by atoms with van der Waals surface area (Å²) in [5.41, 5.74) is 17.3. The number of fused-ring (bicyclic) bond motifs is 1. The second-order valence-corrected chi connectivity index (χ2v) is 19.4. The third kappa shape index (κ3) is 4.99. The molecule has 0 N–H and O–H groups in total. The molecule has 60 heavy (non-hydrogen) atoms. The van der Waals surface area contributed by atoms with Crippen LogP contribution in [0.3, 0.4) is 0 Å². The highest BCUT2D eigenvalue weighted by molar-refractivity contribution is 6.05. The molecule has 12 rings (SSSR count). The zero-order valence-electron chi connectivity index (χ0n) is 34.9. The van der Waals surface area contributed by atoms with Crippen LogP contribution < -0.4 is 4.90 Å². The lowest BCUT2D eigenvalue weighted by Gasteiger charge is -2.91. The maximum Gasteiger partial charge on any atom is 0.0540 e. The number of nitrogens with zero attached hydrogens (tertiary/aromatic N) is 1. The van der Waals surface area contributed by atoms with Gasteiger partial charge < -0.3 is 4.90 Å². The van der Waals surface area contributed by atoms with Crippen LogP contribution >= 0.6 is 0 Å². The van der Waals surface area contributed by atoms with E-state index in [2.05, 4.69) is 214 Å². The Labute approximate surface area is 355 Å². The molecule has 8 aromatic rings. The number of anilines is 3. The normalized spacial score (nSPS) is 23.3. The van der Waals surface area contributed by atoms with Gasteiger partial charge in [-0.15, -0.1) is 0 Å². The molecule has 0 aromatic heterocycles. The highest BCUT2D eigenvalue weighted by Crippen LogP contribution is 2.93. The van der Waals surface area contributed by atoms with E-state index in [-0.39, 0.29) is 5.41 Å². The van der Waals surface area contributed by atoms with Crippen molar-refractivity contribution >= 4 is 27.8 Å². The Balaban J connectivity index is 1.11. The van der Waals surface area contributed by atoms with Crippen molar-refractivity contribution < 1.29 is 0 Å². The van der Waals surface area contributed by atoms with Gasteiger partial charge in [-0.3, -0.25) is 0 Å². The van der Waals surface area contributed by atoms with Crippen molar-refractivity contribution in [3.8, 4) is 44.5 Å². The molecule has 1 spiro atoms. The molecular formula is C59H51N. The van der Waals surface area contributed by atoms with Gasteiger partial charge >= 0.3 is 0 Å². The first-order valence-corrected chi connectivity index (χ1v) is 22.2. The van der Waals surface area contributed by atoms with Gasteiger partial charge in [-0.05, 0) is 128 Å². The van der Waals surface area contributed by atoms with E-state index in [1.807, 2.05) is 0 Å². The number of hydrogen-bond donors (Lipinski definition) is 0. The Morgan fingerprint density at radius 3 is 1.62 bits per heavy atom. The molecule has 2 atom stereocenters. The summed E-state index contributed by atoms with van der Waals surface area (Å²) < 4.78 is 0. The highest BCUT2D eigenvalue weighted by Gasteiger charge is 2.87. The second kappa shape index (κ2) is 13.2. The van der Waals surface area contributed by atoms with E-state index >= 15 is 0 Å². The van der Waals surface area contributed by atoms with Crippen molar-refractivity contribution in [1.29, 1.82) is 0 Å². The van der Waals surface area contributed by atoms with Gasteiger partial charge in [-0.25, -0.2) is 0 Å². The van der Waals surface area contributed by atoms with Gasteiger partial charge in [0.05, 0.1) is 17.1 Å². The van der Waals surface area contributed by atoms with Crippen LogP contribution in [0.1, 0.15) is 57.6 Å². The largest absolute Gasteiger partial charge is 0.309 e. The SMILES string of the molecule is CC(C)(C)c1ccc(-c2ccccc2N(c2ccc(-c3ccccc3)cc2-c2ccccc2)c2ccccc2-c2cccc3cccc(C45CC6CC7CC(C4)C765)c23)cc1. The lowest BCUT2D eigenvalue weighted by atomic mass is 9.12. The van der Waals surface area contributed by atoms with Crippen molar-refractivity contribution in [2.24, 2.45) is 23.2 Å². The van der Waals surface area contributed by atoms with E-state index in [1.165, 1.54) is 92.2 Å².